The Kier molecular flexibility index (Phi) is 7.03. The van der Waals surface area contributed by atoms with E-state index in [1.807, 2.05) is 16.7 Å². The Hall–Kier alpha value is -3.37. The smallest absolute Gasteiger partial charge is 0.236 e. The number of halogens is 1. The van der Waals surface area contributed by atoms with Crippen molar-refractivity contribution in [2.24, 2.45) is 0 Å². The second kappa shape index (κ2) is 10.3. The fraction of sp³-hybridized carbons (Fsp3) is 0.136. The normalized spacial score (nSPS) is 10.8. The van der Waals surface area contributed by atoms with Crippen molar-refractivity contribution in [1.82, 2.24) is 24.7 Å². The van der Waals surface area contributed by atoms with Crippen molar-refractivity contribution < 1.29 is 9.18 Å². The van der Waals surface area contributed by atoms with Crippen LogP contribution < -0.4 is 5.32 Å². The Labute approximate surface area is 192 Å². The summed E-state index contributed by atoms with van der Waals surface area (Å²) in [6, 6.07) is 10.1. The highest BCUT2D eigenvalue weighted by molar-refractivity contribution is 7.99. The van der Waals surface area contributed by atoms with Gasteiger partial charge in [-0.15, -0.1) is 28.1 Å². The van der Waals surface area contributed by atoms with Gasteiger partial charge in [0, 0.05) is 42.0 Å². The lowest BCUT2D eigenvalue weighted by Crippen LogP contribution is -2.14. The Morgan fingerprint density at radius 3 is 2.72 bits per heavy atom. The van der Waals surface area contributed by atoms with Crippen molar-refractivity contribution in [3.05, 3.63) is 83.9 Å². The lowest BCUT2D eigenvalue weighted by Gasteiger charge is -2.07. The molecule has 4 rings (SSSR count). The van der Waals surface area contributed by atoms with E-state index in [1.165, 1.54) is 35.2 Å². The Morgan fingerprint density at radius 2 is 1.97 bits per heavy atom. The predicted octanol–water partition coefficient (Wildman–Crippen LogP) is 4.44. The molecule has 1 aromatic carbocycles. The van der Waals surface area contributed by atoms with Crippen LogP contribution in [0.5, 0.6) is 0 Å². The summed E-state index contributed by atoms with van der Waals surface area (Å²) >= 11 is 2.69. The maximum absolute atomic E-state index is 13.0. The van der Waals surface area contributed by atoms with Crippen molar-refractivity contribution in [3.8, 4) is 11.4 Å². The van der Waals surface area contributed by atoms with Crippen LogP contribution in [-0.2, 0) is 17.8 Å². The minimum absolute atomic E-state index is 0.165. The Morgan fingerprint density at radius 1 is 1.19 bits per heavy atom. The maximum Gasteiger partial charge on any atom is 0.236 e. The van der Waals surface area contributed by atoms with Crippen molar-refractivity contribution in [3.63, 3.8) is 0 Å². The first-order valence-corrected chi connectivity index (χ1v) is 11.5. The lowest BCUT2D eigenvalue weighted by atomic mass is 10.1. The van der Waals surface area contributed by atoms with Crippen molar-refractivity contribution >= 4 is 34.1 Å². The van der Waals surface area contributed by atoms with Crippen LogP contribution in [0, 0.1) is 5.82 Å². The minimum atomic E-state index is -0.264. The number of thiazole rings is 1. The molecule has 0 bridgehead atoms. The molecule has 0 saturated carbocycles. The molecule has 0 saturated heterocycles. The summed E-state index contributed by atoms with van der Waals surface area (Å²) in [6.07, 6.45) is 7.50. The van der Waals surface area contributed by atoms with E-state index in [0.717, 1.165) is 16.0 Å². The number of carbonyl (C=O) groups is 1. The summed E-state index contributed by atoms with van der Waals surface area (Å²) < 4.78 is 15.0. The molecule has 10 heteroatoms. The van der Waals surface area contributed by atoms with E-state index in [9.17, 15) is 9.18 Å². The van der Waals surface area contributed by atoms with Gasteiger partial charge in [-0.25, -0.2) is 9.37 Å². The number of nitrogens with one attached hydrogen (secondary N) is 1. The van der Waals surface area contributed by atoms with Crippen LogP contribution in [0.1, 0.15) is 10.4 Å². The topological polar surface area (TPSA) is 85.6 Å². The molecule has 4 aromatic rings. The zero-order valence-electron chi connectivity index (χ0n) is 16.9. The highest BCUT2D eigenvalue weighted by atomic mass is 32.2. The number of pyridine rings is 1. The lowest BCUT2D eigenvalue weighted by molar-refractivity contribution is -0.113. The number of carbonyl (C=O) groups excluding carboxylic acids is 1. The van der Waals surface area contributed by atoms with Crippen LogP contribution >= 0.6 is 23.1 Å². The standard InChI is InChI=1S/C22H19FN6OS2/c1-2-11-29-20(16-7-9-24-10-8-16)27-28-22(29)31-14-19(30)26-21-25-13-18(32-21)12-15-3-5-17(23)6-4-15/h2-10,13H,1,11-12,14H2,(H,25,26,30). The summed E-state index contributed by atoms with van der Waals surface area (Å²) in [5.41, 5.74) is 1.87. The number of nitrogens with zero attached hydrogens (tertiary/aromatic N) is 5. The number of hydrogen-bond acceptors (Lipinski definition) is 7. The van der Waals surface area contributed by atoms with Crippen molar-refractivity contribution in [1.29, 1.82) is 0 Å². The number of thioether (sulfide) groups is 1. The van der Waals surface area contributed by atoms with Gasteiger partial charge in [-0.1, -0.05) is 30.0 Å². The molecule has 0 atom stereocenters. The molecule has 0 fully saturated rings. The van der Waals surface area contributed by atoms with Crippen LogP contribution in [0.25, 0.3) is 11.4 Å². The molecule has 0 aliphatic heterocycles. The first-order chi connectivity index (χ1) is 15.6. The van der Waals surface area contributed by atoms with Crippen molar-refractivity contribution in [2.75, 3.05) is 11.1 Å². The van der Waals surface area contributed by atoms with Crippen LogP contribution in [0.15, 0.2) is 72.8 Å². The number of rotatable bonds is 9. The molecular formula is C22H19FN6OS2. The van der Waals surface area contributed by atoms with Gasteiger partial charge in [0.25, 0.3) is 0 Å². The predicted molar refractivity (Wildman–Crippen MR) is 124 cm³/mol. The summed E-state index contributed by atoms with van der Waals surface area (Å²) in [5.74, 6) is 0.413. The third kappa shape index (κ3) is 5.45. The number of benzene rings is 1. The van der Waals surface area contributed by atoms with Crippen molar-refractivity contribution in [2.45, 2.75) is 18.1 Å². The molecule has 0 aliphatic carbocycles. The van der Waals surface area contributed by atoms with Crippen LogP contribution in [-0.4, -0.2) is 36.4 Å². The number of anilines is 1. The quantitative estimate of drug-likeness (QED) is 0.290. The monoisotopic (exact) mass is 466 g/mol. The van der Waals surface area contributed by atoms with Crippen LogP contribution in [0.4, 0.5) is 9.52 Å². The second-order valence-corrected chi connectivity index (χ2v) is 8.77. The van der Waals surface area contributed by atoms with Gasteiger partial charge in [0.2, 0.25) is 5.91 Å². The first kappa shape index (κ1) is 21.8. The third-order valence-electron chi connectivity index (χ3n) is 4.39. The third-order valence-corrected chi connectivity index (χ3v) is 6.27. The summed E-state index contributed by atoms with van der Waals surface area (Å²) in [4.78, 5) is 21.7. The fourth-order valence-electron chi connectivity index (χ4n) is 2.94. The number of hydrogen-bond donors (Lipinski definition) is 1. The molecule has 162 valence electrons. The van der Waals surface area contributed by atoms with Gasteiger partial charge in [0.1, 0.15) is 5.82 Å². The Balaban J connectivity index is 1.36. The van der Waals surface area contributed by atoms with Gasteiger partial charge >= 0.3 is 0 Å². The molecule has 0 aliphatic rings. The number of amides is 1. The second-order valence-electron chi connectivity index (χ2n) is 6.71. The highest BCUT2D eigenvalue weighted by Crippen LogP contribution is 2.25. The van der Waals surface area contributed by atoms with Crippen LogP contribution in [0.3, 0.4) is 0 Å². The van der Waals surface area contributed by atoms with Gasteiger partial charge in [-0.3, -0.25) is 14.3 Å². The van der Waals surface area contributed by atoms with Gasteiger partial charge in [-0.2, -0.15) is 0 Å². The maximum atomic E-state index is 13.0. The molecule has 0 unspecified atom stereocenters. The molecule has 3 aromatic heterocycles. The van der Waals surface area contributed by atoms with Gasteiger partial charge in [0.15, 0.2) is 16.1 Å². The molecule has 7 nitrogen and oxygen atoms in total. The van der Waals surface area contributed by atoms with E-state index in [-0.39, 0.29) is 17.5 Å². The molecular weight excluding hydrogens is 447 g/mol. The first-order valence-electron chi connectivity index (χ1n) is 9.68. The summed E-state index contributed by atoms with van der Waals surface area (Å²) in [6.45, 7) is 4.32. The average Bonchev–Trinajstić information content (AvgIpc) is 3.41. The van der Waals surface area contributed by atoms with Gasteiger partial charge in [-0.05, 0) is 29.8 Å². The van der Waals surface area contributed by atoms with E-state index < -0.39 is 0 Å². The zero-order chi connectivity index (χ0) is 22.3. The summed E-state index contributed by atoms with van der Waals surface area (Å²) in [7, 11) is 0. The molecule has 32 heavy (non-hydrogen) atoms. The number of aromatic nitrogens is 5. The van der Waals surface area contributed by atoms with E-state index >= 15 is 0 Å². The van der Waals surface area contributed by atoms with E-state index in [1.54, 1.807) is 36.8 Å². The SMILES string of the molecule is C=CCn1c(SCC(=O)Nc2ncc(Cc3ccc(F)cc3)s2)nnc1-c1ccncc1. The molecule has 0 spiro atoms. The van der Waals surface area contributed by atoms with Crippen LogP contribution in [0.2, 0.25) is 0 Å². The highest BCUT2D eigenvalue weighted by Gasteiger charge is 2.15. The van der Waals surface area contributed by atoms with Gasteiger partial charge in [0.05, 0.1) is 5.75 Å². The van der Waals surface area contributed by atoms with E-state index in [4.69, 9.17) is 0 Å². The van der Waals surface area contributed by atoms with Gasteiger partial charge < -0.3 is 5.32 Å². The van der Waals surface area contributed by atoms with E-state index in [2.05, 4.69) is 32.1 Å². The largest absolute Gasteiger partial charge is 0.301 e. The molecule has 0 radical (unpaired) electrons. The number of allylic oxidation sites excluding steroid dienone is 1. The Bertz CT molecular complexity index is 1210. The average molecular weight is 467 g/mol. The zero-order valence-corrected chi connectivity index (χ0v) is 18.6. The van der Waals surface area contributed by atoms with E-state index in [0.29, 0.717) is 29.1 Å². The molecule has 3 heterocycles. The molecule has 1 amide bonds. The summed E-state index contributed by atoms with van der Waals surface area (Å²) in [5, 5.41) is 12.5. The fourth-order valence-corrected chi connectivity index (χ4v) is 4.55. The minimum Gasteiger partial charge on any atom is -0.301 e. The molecule has 1 N–H and O–H groups in total.